The van der Waals surface area contributed by atoms with E-state index >= 15 is 0 Å². The maximum Gasteiger partial charge on any atom is 0.202 e. The molecule has 0 atom stereocenters. The quantitative estimate of drug-likeness (QED) is 0.165. The number of allylic oxidation sites excluding steroid dienone is 7. The van der Waals surface area contributed by atoms with Crippen LogP contribution in [0.4, 0.5) is 0 Å². The van der Waals surface area contributed by atoms with E-state index in [1.165, 1.54) is 5.57 Å². The van der Waals surface area contributed by atoms with Crippen molar-refractivity contribution in [1.82, 2.24) is 9.97 Å². The van der Waals surface area contributed by atoms with Crippen molar-refractivity contribution in [3.63, 3.8) is 0 Å². The molecule has 0 unspecified atom stereocenters. The van der Waals surface area contributed by atoms with Crippen molar-refractivity contribution in [1.29, 1.82) is 0 Å². The van der Waals surface area contributed by atoms with E-state index < -0.39 is 5.41 Å². The van der Waals surface area contributed by atoms with Gasteiger partial charge >= 0.3 is 0 Å². The topological polar surface area (TPSA) is 65.7 Å². The van der Waals surface area contributed by atoms with E-state index in [9.17, 15) is 9.59 Å². The van der Waals surface area contributed by atoms with Crippen molar-refractivity contribution >= 4 is 76.4 Å². The number of carbonyl (C=O) groups is 2. The molecule has 2 N–H and O–H groups in total. The molecule has 0 amide bonds. The summed E-state index contributed by atoms with van der Waals surface area (Å²) in [6, 6.07) is 13.9. The fourth-order valence-electron chi connectivity index (χ4n) is 5.00. The zero-order valence-corrected chi connectivity index (χ0v) is 24.9. The van der Waals surface area contributed by atoms with Crippen LogP contribution in [-0.4, -0.2) is 21.5 Å². The van der Waals surface area contributed by atoms with Gasteiger partial charge < -0.3 is 9.97 Å². The number of aromatic nitrogens is 2. The molecule has 0 saturated heterocycles. The van der Waals surface area contributed by atoms with E-state index in [-0.39, 0.29) is 20.5 Å². The predicted molar refractivity (Wildman–Crippen MR) is 165 cm³/mol. The third-order valence-corrected chi connectivity index (χ3v) is 8.72. The molecular weight excluding hydrogens is 604 g/mol. The smallest absolute Gasteiger partial charge is 0.202 e. The van der Waals surface area contributed by atoms with E-state index in [2.05, 4.69) is 74.4 Å². The van der Waals surface area contributed by atoms with Gasteiger partial charge in [0.15, 0.2) is 0 Å². The lowest BCUT2D eigenvalue weighted by Crippen LogP contribution is -2.22. The van der Waals surface area contributed by atoms with Crippen LogP contribution in [0.5, 0.6) is 0 Å². The number of ketones is 2. The molecule has 6 heteroatoms. The van der Waals surface area contributed by atoms with Gasteiger partial charge in [-0.1, -0.05) is 68.0 Å². The highest BCUT2D eigenvalue weighted by Crippen LogP contribution is 2.46. The molecule has 4 aromatic rings. The Bertz CT molecular complexity index is 1750. The van der Waals surface area contributed by atoms with Crippen LogP contribution in [0.25, 0.3) is 33.0 Å². The van der Waals surface area contributed by atoms with Gasteiger partial charge in [-0.2, -0.15) is 0 Å². The molecule has 38 heavy (non-hydrogen) atoms. The molecule has 0 saturated carbocycles. The third-order valence-electron chi connectivity index (χ3n) is 7.20. The van der Waals surface area contributed by atoms with Crippen LogP contribution >= 0.6 is 31.9 Å². The van der Waals surface area contributed by atoms with Crippen LogP contribution in [-0.2, 0) is 21.4 Å². The molecule has 192 valence electrons. The van der Waals surface area contributed by atoms with Gasteiger partial charge in [0.25, 0.3) is 0 Å². The lowest BCUT2D eigenvalue weighted by Gasteiger charge is -2.24. The van der Waals surface area contributed by atoms with E-state index in [1.807, 2.05) is 62.5 Å². The van der Waals surface area contributed by atoms with Crippen molar-refractivity contribution in [2.45, 2.75) is 39.5 Å². The summed E-state index contributed by atoms with van der Waals surface area (Å²) in [5.41, 5.74) is 6.71. The van der Waals surface area contributed by atoms with Crippen LogP contribution in [0.3, 0.4) is 0 Å². The molecule has 2 aromatic carbocycles. The number of H-pyrrole nitrogens is 2. The molecule has 1 aliphatic rings. The predicted octanol–water partition coefficient (Wildman–Crippen LogP) is 8.69. The maximum atomic E-state index is 14.1. The van der Waals surface area contributed by atoms with Crippen molar-refractivity contribution in [3.05, 3.63) is 104 Å². The molecule has 2 heterocycles. The van der Waals surface area contributed by atoms with Crippen LogP contribution in [0.15, 0.2) is 81.9 Å². The first kappa shape index (κ1) is 26.4. The van der Waals surface area contributed by atoms with Crippen LogP contribution in [0.1, 0.15) is 50.1 Å². The Morgan fingerprint density at radius 2 is 1.61 bits per heavy atom. The Balaban J connectivity index is 1.70. The van der Waals surface area contributed by atoms with Crippen molar-refractivity contribution < 1.29 is 9.59 Å². The number of fused-ring (bicyclic) bond motifs is 2. The van der Waals surface area contributed by atoms with Crippen molar-refractivity contribution in [2.75, 3.05) is 0 Å². The summed E-state index contributed by atoms with van der Waals surface area (Å²) in [6.07, 6.45) is 6.62. The second kappa shape index (κ2) is 9.83. The number of benzene rings is 2. The lowest BCUT2D eigenvalue weighted by molar-refractivity contribution is -0.113. The largest absolute Gasteiger partial charge is 0.360 e. The molecule has 5 rings (SSSR count). The Kier molecular flexibility index (Phi) is 6.82. The third kappa shape index (κ3) is 4.20. The Labute approximate surface area is 238 Å². The average molecular weight is 632 g/mol. The molecule has 0 spiro atoms. The van der Waals surface area contributed by atoms with Crippen LogP contribution in [0.2, 0.25) is 0 Å². The molecule has 0 bridgehead atoms. The van der Waals surface area contributed by atoms with E-state index in [0.717, 1.165) is 45.0 Å². The first-order valence-electron chi connectivity index (χ1n) is 12.4. The van der Waals surface area contributed by atoms with Gasteiger partial charge in [0.1, 0.15) is 0 Å². The number of rotatable bonds is 6. The highest BCUT2D eigenvalue weighted by Gasteiger charge is 2.38. The van der Waals surface area contributed by atoms with Gasteiger partial charge in [0.2, 0.25) is 11.6 Å². The maximum absolute atomic E-state index is 14.1. The van der Waals surface area contributed by atoms with E-state index in [1.54, 1.807) is 0 Å². The van der Waals surface area contributed by atoms with Gasteiger partial charge in [-0.15, -0.1) is 6.58 Å². The van der Waals surface area contributed by atoms with E-state index in [4.69, 9.17) is 0 Å². The van der Waals surface area contributed by atoms with Gasteiger partial charge in [0, 0.05) is 50.2 Å². The number of Topliss-reactive ketones (excluding diaryl/α,β-unsaturated/α-hetero) is 2. The Morgan fingerprint density at radius 1 is 0.947 bits per heavy atom. The van der Waals surface area contributed by atoms with Gasteiger partial charge in [0.05, 0.1) is 20.1 Å². The highest BCUT2D eigenvalue weighted by atomic mass is 79.9. The zero-order valence-electron chi connectivity index (χ0n) is 21.8. The first-order valence-corrected chi connectivity index (χ1v) is 14.0. The summed E-state index contributed by atoms with van der Waals surface area (Å²) in [5.74, 6) is -0.484. The van der Waals surface area contributed by atoms with Gasteiger partial charge in [-0.25, -0.2) is 0 Å². The molecule has 0 radical (unpaired) electrons. The minimum Gasteiger partial charge on any atom is -0.360 e. The highest BCUT2D eigenvalue weighted by molar-refractivity contribution is 9.12. The average Bonchev–Trinajstić information content (AvgIpc) is 3.50. The SMILES string of the molecule is C=CC(C)(C)c1[nH]c2ccccc2c1C1=C(Br)C(=O)C(c2c[nH]c3c(CC=C(C)C)cccc23)=C(Br)C1=O. The standard InChI is InChI=1S/C32H28Br2N2O2/c1-6-32(4,5)31-23(20-11-7-8-13-22(20)36-31)25-27(34)29(37)24(26(33)30(25)38)21-16-35-28-18(15-14-17(2)3)10-9-12-19(21)28/h6-14,16,35-36H,1,15H2,2-5H3. The number of carbonyl (C=O) groups excluding carboxylic acids is 2. The minimum atomic E-state index is -0.465. The molecule has 2 aromatic heterocycles. The Morgan fingerprint density at radius 3 is 2.32 bits per heavy atom. The summed E-state index contributed by atoms with van der Waals surface area (Å²) >= 11 is 7.11. The Hall–Kier alpha value is -3.22. The molecule has 1 aliphatic carbocycles. The summed E-state index contributed by atoms with van der Waals surface area (Å²) in [7, 11) is 0. The van der Waals surface area contributed by atoms with Crippen LogP contribution < -0.4 is 0 Å². The summed E-state index contributed by atoms with van der Waals surface area (Å²) < 4.78 is 0.505. The number of aromatic amines is 2. The van der Waals surface area contributed by atoms with Gasteiger partial charge in [-0.05, 0) is 63.8 Å². The second-order valence-electron chi connectivity index (χ2n) is 10.4. The fourth-order valence-corrected chi connectivity index (χ4v) is 6.17. The molecule has 4 nitrogen and oxygen atoms in total. The molecule has 0 fully saturated rings. The number of para-hydroxylation sites is 2. The fraction of sp³-hybridized carbons (Fsp3) is 0.188. The number of nitrogens with one attached hydrogen (secondary N) is 2. The number of halogens is 2. The summed E-state index contributed by atoms with van der Waals surface area (Å²) in [4.78, 5) is 34.9. The van der Waals surface area contributed by atoms with Crippen molar-refractivity contribution in [2.24, 2.45) is 0 Å². The molecular formula is C32H28Br2N2O2. The van der Waals surface area contributed by atoms with Gasteiger partial charge in [-0.3, -0.25) is 9.59 Å². The summed E-state index contributed by atoms with van der Waals surface area (Å²) in [6.45, 7) is 12.2. The number of hydrogen-bond donors (Lipinski definition) is 2. The normalized spacial score (nSPS) is 14.7. The van der Waals surface area contributed by atoms with Crippen LogP contribution in [0, 0.1) is 0 Å². The number of hydrogen-bond acceptors (Lipinski definition) is 2. The van der Waals surface area contributed by atoms with E-state index in [0.29, 0.717) is 16.7 Å². The minimum absolute atomic E-state index is 0.241. The molecule has 0 aliphatic heterocycles. The zero-order chi connectivity index (χ0) is 27.4. The second-order valence-corrected chi connectivity index (χ2v) is 12.0. The van der Waals surface area contributed by atoms with Crippen molar-refractivity contribution in [3.8, 4) is 0 Å². The first-order chi connectivity index (χ1) is 18.1. The lowest BCUT2D eigenvalue weighted by atomic mass is 9.81. The monoisotopic (exact) mass is 630 g/mol. The summed E-state index contributed by atoms with van der Waals surface area (Å²) in [5, 5.41) is 1.78.